The van der Waals surface area contributed by atoms with E-state index < -0.39 is 17.7 Å². The molecule has 12 heteroatoms. The van der Waals surface area contributed by atoms with E-state index in [0.717, 1.165) is 29.6 Å². The smallest absolute Gasteiger partial charge is 0.242 e. The number of pyridine rings is 1. The SMILES string of the molecule is C/C=C\N/C(=C\CC)c1ncn2c1CN(C)C(c1c(F)ccc(NN(O)c3cc(Cl)cnc3OC)c1F)C2. The van der Waals surface area contributed by atoms with Crippen molar-refractivity contribution in [3.8, 4) is 5.88 Å². The van der Waals surface area contributed by atoms with Gasteiger partial charge in [-0.2, -0.15) is 5.17 Å². The van der Waals surface area contributed by atoms with Crippen LogP contribution in [0.1, 0.15) is 43.3 Å². The fourth-order valence-electron chi connectivity index (χ4n) is 4.40. The number of hydrogen-bond donors (Lipinski definition) is 3. The summed E-state index contributed by atoms with van der Waals surface area (Å²) in [7, 11) is 3.18. The number of fused-ring (bicyclic) bond motifs is 1. The molecular formula is C26H30ClF2N7O2. The maximum atomic E-state index is 15.8. The summed E-state index contributed by atoms with van der Waals surface area (Å²) in [4.78, 5) is 10.5. The average molecular weight is 546 g/mol. The molecule has 0 saturated heterocycles. The van der Waals surface area contributed by atoms with Crippen molar-refractivity contribution in [1.29, 1.82) is 0 Å². The van der Waals surface area contributed by atoms with E-state index in [1.165, 1.54) is 25.4 Å². The topological polar surface area (TPSA) is 90.7 Å². The molecule has 0 saturated carbocycles. The number of allylic oxidation sites excluding steroid dienone is 2. The van der Waals surface area contributed by atoms with Crippen LogP contribution in [0, 0.1) is 11.6 Å². The predicted molar refractivity (Wildman–Crippen MR) is 143 cm³/mol. The first-order valence-electron chi connectivity index (χ1n) is 12.0. The molecule has 202 valence electrons. The molecule has 1 aliphatic heterocycles. The van der Waals surface area contributed by atoms with Gasteiger partial charge in [-0.3, -0.25) is 15.5 Å². The van der Waals surface area contributed by atoms with Gasteiger partial charge in [0.15, 0.2) is 11.5 Å². The van der Waals surface area contributed by atoms with E-state index in [4.69, 9.17) is 16.3 Å². The highest BCUT2D eigenvalue weighted by Crippen LogP contribution is 2.36. The van der Waals surface area contributed by atoms with Gasteiger partial charge in [-0.15, -0.1) is 0 Å². The quantitative estimate of drug-likeness (QED) is 0.304. The summed E-state index contributed by atoms with van der Waals surface area (Å²) in [5.41, 5.74) is 4.94. The molecule has 0 radical (unpaired) electrons. The van der Waals surface area contributed by atoms with Gasteiger partial charge in [-0.25, -0.2) is 18.7 Å². The minimum Gasteiger partial charge on any atom is -0.479 e. The number of ether oxygens (including phenoxy) is 1. The lowest BCUT2D eigenvalue weighted by molar-refractivity contribution is 0.170. The summed E-state index contributed by atoms with van der Waals surface area (Å²) in [5.74, 6) is -1.47. The number of anilines is 2. The number of imidazole rings is 1. The molecule has 38 heavy (non-hydrogen) atoms. The molecule has 0 fully saturated rings. The monoisotopic (exact) mass is 545 g/mol. The van der Waals surface area contributed by atoms with E-state index >= 15 is 8.78 Å². The summed E-state index contributed by atoms with van der Waals surface area (Å²) < 4.78 is 37.9. The third kappa shape index (κ3) is 5.45. The first kappa shape index (κ1) is 27.4. The lowest BCUT2D eigenvalue weighted by Gasteiger charge is -2.35. The van der Waals surface area contributed by atoms with Gasteiger partial charge in [-0.1, -0.05) is 30.7 Å². The van der Waals surface area contributed by atoms with Crippen LogP contribution in [0.4, 0.5) is 20.2 Å². The lowest BCUT2D eigenvalue weighted by atomic mass is 10.00. The van der Waals surface area contributed by atoms with Gasteiger partial charge < -0.3 is 14.6 Å². The molecule has 2 aromatic heterocycles. The van der Waals surface area contributed by atoms with Crippen molar-refractivity contribution >= 4 is 28.7 Å². The van der Waals surface area contributed by atoms with Gasteiger partial charge in [0.25, 0.3) is 0 Å². The van der Waals surface area contributed by atoms with Crippen molar-refractivity contribution in [2.45, 2.75) is 39.4 Å². The zero-order valence-corrected chi connectivity index (χ0v) is 22.3. The molecule has 3 N–H and O–H groups in total. The molecular weight excluding hydrogens is 516 g/mol. The van der Waals surface area contributed by atoms with Crippen LogP contribution >= 0.6 is 11.6 Å². The first-order chi connectivity index (χ1) is 18.3. The number of hydrogen-bond acceptors (Lipinski definition) is 8. The van der Waals surface area contributed by atoms with Gasteiger partial charge in [0.1, 0.15) is 11.5 Å². The van der Waals surface area contributed by atoms with Crippen LogP contribution < -0.4 is 20.7 Å². The maximum absolute atomic E-state index is 15.8. The molecule has 0 amide bonds. The number of nitrogens with zero attached hydrogens (tertiary/aromatic N) is 5. The minimum atomic E-state index is -0.833. The summed E-state index contributed by atoms with van der Waals surface area (Å²) in [6.07, 6.45) is 9.64. The van der Waals surface area contributed by atoms with Crippen LogP contribution in [-0.2, 0) is 13.1 Å². The Labute approximate surface area is 224 Å². The molecule has 4 rings (SSSR count). The van der Waals surface area contributed by atoms with Crippen molar-refractivity contribution in [1.82, 2.24) is 24.8 Å². The Morgan fingerprint density at radius 2 is 2.13 bits per heavy atom. The second-order valence-electron chi connectivity index (χ2n) is 8.72. The molecule has 1 unspecified atom stereocenters. The fraction of sp³-hybridized carbons (Fsp3) is 0.308. The number of benzene rings is 1. The fourth-order valence-corrected chi connectivity index (χ4v) is 4.55. The van der Waals surface area contributed by atoms with Gasteiger partial charge in [0, 0.05) is 24.8 Å². The van der Waals surface area contributed by atoms with E-state index in [9.17, 15) is 5.21 Å². The normalized spacial score (nSPS) is 16.0. The molecule has 9 nitrogen and oxygen atoms in total. The lowest BCUT2D eigenvalue weighted by Crippen LogP contribution is -2.36. The highest BCUT2D eigenvalue weighted by Gasteiger charge is 2.33. The largest absolute Gasteiger partial charge is 0.479 e. The minimum absolute atomic E-state index is 0.0538. The van der Waals surface area contributed by atoms with E-state index in [0.29, 0.717) is 11.7 Å². The zero-order valence-electron chi connectivity index (χ0n) is 21.5. The number of aromatic nitrogens is 3. The van der Waals surface area contributed by atoms with Crippen molar-refractivity contribution in [3.05, 3.63) is 82.7 Å². The van der Waals surface area contributed by atoms with E-state index in [1.807, 2.05) is 42.6 Å². The van der Waals surface area contributed by atoms with Crippen molar-refractivity contribution in [2.24, 2.45) is 0 Å². The van der Waals surface area contributed by atoms with E-state index in [1.54, 1.807) is 6.33 Å². The van der Waals surface area contributed by atoms with Gasteiger partial charge in [0.05, 0.1) is 41.6 Å². The third-order valence-corrected chi connectivity index (χ3v) is 6.43. The Bertz CT molecular complexity index is 1360. The Hall–Kier alpha value is -3.67. The summed E-state index contributed by atoms with van der Waals surface area (Å²) in [6, 6.07) is 3.14. The van der Waals surface area contributed by atoms with Gasteiger partial charge >= 0.3 is 0 Å². The molecule has 0 bridgehead atoms. The summed E-state index contributed by atoms with van der Waals surface area (Å²) in [6.45, 7) is 4.67. The molecule has 1 aromatic carbocycles. The highest BCUT2D eigenvalue weighted by atomic mass is 35.5. The van der Waals surface area contributed by atoms with Gasteiger partial charge in [0.2, 0.25) is 5.88 Å². The zero-order chi connectivity index (χ0) is 27.4. The van der Waals surface area contributed by atoms with Crippen LogP contribution in [0.25, 0.3) is 5.70 Å². The van der Waals surface area contributed by atoms with Crippen LogP contribution in [0.2, 0.25) is 5.02 Å². The molecule has 1 atom stereocenters. The predicted octanol–water partition coefficient (Wildman–Crippen LogP) is 5.50. The standard InChI is InChI=1S/C26H30ClF2N7O2/c1-5-7-19(30-10-6-2)25-22-13-34(3)21(14-35(22)15-32-25)23-17(28)8-9-18(24(23)29)33-36(37)20-11-16(27)12-31-26(20)38-4/h6-12,15,21,30,33,37H,5,13-14H2,1-4H3/b10-6-,19-7-. The molecule has 0 aliphatic carbocycles. The average Bonchev–Trinajstić information content (AvgIpc) is 3.30. The number of hydrazine groups is 1. The molecule has 1 aliphatic rings. The molecule has 3 aromatic rings. The third-order valence-electron chi connectivity index (χ3n) is 6.22. The number of methoxy groups -OCH3 is 1. The number of rotatable bonds is 9. The second kappa shape index (κ2) is 11.8. The van der Waals surface area contributed by atoms with Crippen LogP contribution in [0.5, 0.6) is 5.88 Å². The second-order valence-corrected chi connectivity index (χ2v) is 9.16. The van der Waals surface area contributed by atoms with Gasteiger partial charge in [-0.05, 0) is 44.8 Å². The molecule has 3 heterocycles. The van der Waals surface area contributed by atoms with Crippen molar-refractivity contribution < 1.29 is 18.7 Å². The Kier molecular flexibility index (Phi) is 8.50. The maximum Gasteiger partial charge on any atom is 0.242 e. The Morgan fingerprint density at radius 1 is 1.34 bits per heavy atom. The Morgan fingerprint density at radius 3 is 2.84 bits per heavy atom. The summed E-state index contributed by atoms with van der Waals surface area (Å²) >= 11 is 5.99. The van der Waals surface area contributed by atoms with Crippen LogP contribution in [-0.4, -0.2) is 38.8 Å². The van der Waals surface area contributed by atoms with Crippen molar-refractivity contribution in [2.75, 3.05) is 24.8 Å². The van der Waals surface area contributed by atoms with Crippen molar-refractivity contribution in [3.63, 3.8) is 0 Å². The Balaban J connectivity index is 1.64. The van der Waals surface area contributed by atoms with E-state index in [-0.39, 0.29) is 34.4 Å². The van der Waals surface area contributed by atoms with Crippen LogP contribution in [0.3, 0.4) is 0 Å². The number of halogens is 3. The summed E-state index contributed by atoms with van der Waals surface area (Å²) in [5, 5.41) is 14.6. The molecule has 0 spiro atoms. The first-order valence-corrected chi connectivity index (χ1v) is 12.4. The van der Waals surface area contributed by atoms with E-state index in [2.05, 4.69) is 26.8 Å². The number of likely N-dealkylation sites (N-methyl/N-ethyl adjacent to an activating group) is 1. The van der Waals surface area contributed by atoms with Crippen LogP contribution in [0.15, 0.2) is 49.1 Å². The number of nitrogens with one attached hydrogen (secondary N) is 2. The highest BCUT2D eigenvalue weighted by molar-refractivity contribution is 6.30.